The Bertz CT molecular complexity index is 942. The first-order valence-corrected chi connectivity index (χ1v) is 8.52. The summed E-state index contributed by atoms with van der Waals surface area (Å²) >= 11 is 6.26. The van der Waals surface area contributed by atoms with E-state index in [1.165, 1.54) is 12.1 Å². The van der Waals surface area contributed by atoms with Crippen LogP contribution in [0.2, 0.25) is 5.02 Å². The Morgan fingerprint density at radius 2 is 1.93 bits per heavy atom. The molecular weight excluding hydrogens is 395 g/mol. The first-order chi connectivity index (χ1) is 13.3. The Kier molecular flexibility index (Phi) is 6.01. The van der Waals surface area contributed by atoms with Crippen molar-refractivity contribution in [2.75, 3.05) is 11.9 Å². The Hall–Kier alpha value is -2.84. The number of alkyl halides is 3. The third kappa shape index (κ3) is 5.34. The number of nitrogens with one attached hydrogen (secondary N) is 1. The van der Waals surface area contributed by atoms with Gasteiger partial charge >= 0.3 is 6.18 Å². The number of ether oxygens (including phenoxy) is 1. The van der Waals surface area contributed by atoms with Gasteiger partial charge in [0.2, 0.25) is 0 Å². The lowest BCUT2D eigenvalue weighted by Crippen LogP contribution is -2.16. The molecule has 0 atom stereocenters. The molecule has 1 amide bonds. The summed E-state index contributed by atoms with van der Waals surface area (Å²) in [6, 6.07) is 11.2. The van der Waals surface area contributed by atoms with Gasteiger partial charge in [0.05, 0.1) is 23.6 Å². The number of carbonyl (C=O) groups excluding carboxylic acids is 1. The van der Waals surface area contributed by atoms with Crippen LogP contribution in [0.4, 0.5) is 18.9 Å². The Morgan fingerprint density at radius 3 is 2.54 bits per heavy atom. The Balaban J connectivity index is 1.61. The molecule has 3 rings (SSSR count). The molecule has 0 fully saturated rings. The lowest BCUT2D eigenvalue weighted by molar-refractivity contribution is -0.176. The maximum atomic E-state index is 12.3. The van der Waals surface area contributed by atoms with Crippen LogP contribution >= 0.6 is 11.6 Å². The fraction of sp³-hybridized carbons (Fsp3) is 0.158. The molecule has 0 aliphatic heterocycles. The fourth-order valence-electron chi connectivity index (χ4n) is 2.44. The monoisotopic (exact) mass is 409 g/mol. The molecule has 146 valence electrons. The number of halogens is 4. The minimum atomic E-state index is -4.37. The molecule has 0 saturated heterocycles. The predicted molar refractivity (Wildman–Crippen MR) is 98.7 cm³/mol. The van der Waals surface area contributed by atoms with Crippen LogP contribution in [-0.4, -0.2) is 28.2 Å². The van der Waals surface area contributed by atoms with E-state index in [0.29, 0.717) is 21.8 Å². The van der Waals surface area contributed by atoms with E-state index in [9.17, 15) is 18.0 Å². The highest BCUT2D eigenvalue weighted by atomic mass is 35.5. The number of benzene rings is 2. The minimum Gasteiger partial charge on any atom is -0.367 e. The number of amides is 1. The van der Waals surface area contributed by atoms with Crippen molar-refractivity contribution < 1.29 is 22.7 Å². The van der Waals surface area contributed by atoms with E-state index >= 15 is 0 Å². The van der Waals surface area contributed by atoms with Gasteiger partial charge in [0.1, 0.15) is 6.61 Å². The summed E-state index contributed by atoms with van der Waals surface area (Å²) in [7, 11) is 0. The van der Waals surface area contributed by atoms with Crippen LogP contribution in [0.3, 0.4) is 0 Å². The van der Waals surface area contributed by atoms with Crippen molar-refractivity contribution in [1.82, 2.24) is 9.55 Å². The standard InChI is InChI=1S/C19H15ClF3N3O2/c20-16-9-15(5-6-17(16)26-8-7-24-12-26)25-18(27)14-3-1-13(2-4-14)10-28-11-19(21,22)23/h1-9,12H,10-11H2,(H,25,27). The van der Waals surface area contributed by atoms with Crippen molar-refractivity contribution in [3.05, 3.63) is 77.3 Å². The number of nitrogens with zero attached hydrogens (tertiary/aromatic N) is 2. The Labute approximate surface area is 163 Å². The third-order valence-electron chi connectivity index (χ3n) is 3.74. The lowest BCUT2D eigenvalue weighted by Gasteiger charge is -2.10. The molecule has 2 aromatic carbocycles. The van der Waals surface area contributed by atoms with Crippen LogP contribution in [0.15, 0.2) is 61.2 Å². The molecule has 0 aliphatic rings. The zero-order valence-corrected chi connectivity index (χ0v) is 15.2. The van der Waals surface area contributed by atoms with E-state index in [4.69, 9.17) is 11.6 Å². The second-order valence-electron chi connectivity index (χ2n) is 5.90. The van der Waals surface area contributed by atoms with E-state index in [1.807, 2.05) is 0 Å². The first kappa shape index (κ1) is 19.9. The SMILES string of the molecule is O=C(Nc1ccc(-n2ccnc2)c(Cl)c1)c1ccc(COCC(F)(F)F)cc1. The van der Waals surface area contributed by atoms with E-state index in [-0.39, 0.29) is 12.5 Å². The molecule has 0 spiro atoms. The molecule has 0 bridgehead atoms. The normalized spacial score (nSPS) is 11.4. The summed E-state index contributed by atoms with van der Waals surface area (Å²) in [5.41, 5.74) is 2.12. The van der Waals surface area contributed by atoms with E-state index < -0.39 is 12.8 Å². The van der Waals surface area contributed by atoms with Crippen molar-refractivity contribution in [2.24, 2.45) is 0 Å². The molecule has 1 aromatic heterocycles. The molecule has 1 N–H and O–H groups in total. The number of rotatable bonds is 6. The largest absolute Gasteiger partial charge is 0.411 e. The summed E-state index contributed by atoms with van der Waals surface area (Å²) in [5.74, 6) is -0.366. The highest BCUT2D eigenvalue weighted by Gasteiger charge is 2.27. The van der Waals surface area contributed by atoms with Crippen LogP contribution in [0.25, 0.3) is 5.69 Å². The summed E-state index contributed by atoms with van der Waals surface area (Å²) in [5, 5.41) is 3.16. The van der Waals surface area contributed by atoms with Gasteiger partial charge in [0, 0.05) is 23.6 Å². The van der Waals surface area contributed by atoms with Gasteiger partial charge in [-0.25, -0.2) is 4.98 Å². The van der Waals surface area contributed by atoms with Crippen molar-refractivity contribution in [2.45, 2.75) is 12.8 Å². The fourth-order valence-corrected chi connectivity index (χ4v) is 2.71. The number of aromatic nitrogens is 2. The minimum absolute atomic E-state index is 0.188. The first-order valence-electron chi connectivity index (χ1n) is 8.14. The number of hydrogen-bond donors (Lipinski definition) is 1. The molecule has 0 saturated carbocycles. The van der Waals surface area contributed by atoms with Gasteiger partial charge in [-0.3, -0.25) is 4.79 Å². The van der Waals surface area contributed by atoms with Crippen molar-refractivity contribution in [3.8, 4) is 5.69 Å². The highest BCUT2D eigenvalue weighted by molar-refractivity contribution is 6.32. The van der Waals surface area contributed by atoms with E-state index in [1.54, 1.807) is 53.6 Å². The van der Waals surface area contributed by atoms with Crippen LogP contribution in [0, 0.1) is 0 Å². The molecule has 0 radical (unpaired) electrons. The van der Waals surface area contributed by atoms with E-state index in [0.717, 1.165) is 5.69 Å². The van der Waals surface area contributed by atoms with Gasteiger partial charge in [-0.15, -0.1) is 0 Å². The molecule has 9 heteroatoms. The molecule has 0 unspecified atom stereocenters. The second-order valence-corrected chi connectivity index (χ2v) is 6.30. The number of hydrogen-bond acceptors (Lipinski definition) is 3. The molecule has 5 nitrogen and oxygen atoms in total. The maximum absolute atomic E-state index is 12.3. The van der Waals surface area contributed by atoms with E-state index in [2.05, 4.69) is 15.0 Å². The van der Waals surface area contributed by atoms with Crippen LogP contribution < -0.4 is 5.32 Å². The number of imidazole rings is 1. The number of carbonyl (C=O) groups is 1. The molecule has 1 heterocycles. The molecular formula is C19H15ClF3N3O2. The third-order valence-corrected chi connectivity index (χ3v) is 4.04. The lowest BCUT2D eigenvalue weighted by atomic mass is 10.1. The highest BCUT2D eigenvalue weighted by Crippen LogP contribution is 2.24. The maximum Gasteiger partial charge on any atom is 0.411 e. The Morgan fingerprint density at radius 1 is 1.18 bits per heavy atom. The zero-order chi connectivity index (χ0) is 20.1. The summed E-state index contributed by atoms with van der Waals surface area (Å²) in [6.07, 6.45) is 0.622. The van der Waals surface area contributed by atoms with Crippen molar-refractivity contribution >= 4 is 23.2 Å². The predicted octanol–water partition coefficient (Wildman–Crippen LogP) is 4.86. The molecule has 28 heavy (non-hydrogen) atoms. The van der Waals surface area contributed by atoms with Gasteiger partial charge in [-0.2, -0.15) is 13.2 Å². The van der Waals surface area contributed by atoms with Gasteiger partial charge in [-0.05, 0) is 35.9 Å². The zero-order valence-electron chi connectivity index (χ0n) is 14.4. The summed E-state index contributed by atoms with van der Waals surface area (Å²) < 4.78 is 42.6. The van der Waals surface area contributed by atoms with Gasteiger partial charge < -0.3 is 14.6 Å². The number of anilines is 1. The van der Waals surface area contributed by atoms with Gasteiger partial charge in [0.15, 0.2) is 0 Å². The van der Waals surface area contributed by atoms with Crippen LogP contribution in [-0.2, 0) is 11.3 Å². The quantitative estimate of drug-likeness (QED) is 0.632. The van der Waals surface area contributed by atoms with Crippen molar-refractivity contribution in [3.63, 3.8) is 0 Å². The van der Waals surface area contributed by atoms with Crippen LogP contribution in [0.1, 0.15) is 15.9 Å². The topological polar surface area (TPSA) is 56.2 Å². The summed E-state index contributed by atoms with van der Waals surface area (Å²) in [6.45, 7) is -1.50. The molecule has 3 aromatic rings. The smallest absolute Gasteiger partial charge is 0.367 e. The average Bonchev–Trinajstić information content (AvgIpc) is 3.15. The summed E-state index contributed by atoms with van der Waals surface area (Å²) in [4.78, 5) is 16.3. The van der Waals surface area contributed by atoms with Gasteiger partial charge in [-0.1, -0.05) is 23.7 Å². The molecule has 0 aliphatic carbocycles. The second kappa shape index (κ2) is 8.45. The van der Waals surface area contributed by atoms with Gasteiger partial charge in [0.25, 0.3) is 5.91 Å². The van der Waals surface area contributed by atoms with Crippen LogP contribution in [0.5, 0.6) is 0 Å². The van der Waals surface area contributed by atoms with Crippen molar-refractivity contribution in [1.29, 1.82) is 0 Å². The average molecular weight is 410 g/mol.